The van der Waals surface area contributed by atoms with Crippen molar-refractivity contribution in [2.24, 2.45) is 0 Å². The van der Waals surface area contributed by atoms with E-state index in [4.69, 9.17) is 0 Å². The second-order valence-corrected chi connectivity index (χ2v) is 5.32. The molecule has 0 spiro atoms. The number of hydrogen-bond acceptors (Lipinski definition) is 3. The summed E-state index contributed by atoms with van der Waals surface area (Å²) in [6.45, 7) is 4.23. The molecule has 2 aromatic rings. The molecule has 80 valence electrons. The summed E-state index contributed by atoms with van der Waals surface area (Å²) in [6.07, 6.45) is 3.90. The van der Waals surface area contributed by atoms with Gasteiger partial charge in [0.15, 0.2) is 0 Å². The maximum absolute atomic E-state index is 4.32. The Morgan fingerprint density at radius 2 is 2.27 bits per heavy atom. The highest BCUT2D eigenvalue weighted by Gasteiger charge is 2.04. The zero-order valence-electron chi connectivity index (χ0n) is 8.57. The van der Waals surface area contributed by atoms with Crippen LogP contribution in [0.2, 0.25) is 0 Å². The van der Waals surface area contributed by atoms with Crippen molar-refractivity contribution in [3.05, 3.63) is 29.0 Å². The number of aromatic nitrogens is 2. The summed E-state index contributed by atoms with van der Waals surface area (Å²) in [5, 5.41) is 1.10. The first-order valence-electron chi connectivity index (χ1n) is 4.72. The minimum absolute atomic E-state index is 0.452. The molecular weight excluding hydrogens is 274 g/mol. The Hall–Kier alpha value is -0.520. The summed E-state index contributed by atoms with van der Waals surface area (Å²) in [5.41, 5.74) is 0.964. The van der Waals surface area contributed by atoms with E-state index < -0.39 is 0 Å². The third-order valence-electron chi connectivity index (χ3n) is 1.83. The maximum atomic E-state index is 4.32. The minimum Gasteiger partial charge on any atom is -0.293 e. The summed E-state index contributed by atoms with van der Waals surface area (Å²) in [7, 11) is 0. The van der Waals surface area contributed by atoms with Crippen LogP contribution in [0.15, 0.2) is 34.0 Å². The van der Waals surface area contributed by atoms with Crippen LogP contribution >= 0.6 is 27.9 Å². The van der Waals surface area contributed by atoms with Gasteiger partial charge in [-0.2, -0.15) is 0 Å². The van der Waals surface area contributed by atoms with Crippen molar-refractivity contribution >= 4 is 33.5 Å². The second-order valence-electron chi connectivity index (χ2n) is 3.55. The Morgan fingerprint density at radius 1 is 1.47 bits per heavy atom. The lowest BCUT2D eigenvalue weighted by Crippen LogP contribution is -2.14. The minimum atomic E-state index is 0.452. The van der Waals surface area contributed by atoms with Gasteiger partial charge in [-0.05, 0) is 53.9 Å². The van der Waals surface area contributed by atoms with Gasteiger partial charge in [0, 0.05) is 16.7 Å². The first kappa shape index (κ1) is 11.0. The van der Waals surface area contributed by atoms with E-state index in [1.54, 1.807) is 11.9 Å². The predicted octanol–water partition coefficient (Wildman–Crippen LogP) is 3.10. The van der Waals surface area contributed by atoms with Crippen LogP contribution in [0.1, 0.15) is 13.8 Å². The number of nitrogens with one attached hydrogen (secondary N) is 1. The Labute approximate surface area is 102 Å². The monoisotopic (exact) mass is 285 g/mol. The van der Waals surface area contributed by atoms with Crippen LogP contribution < -0.4 is 4.72 Å². The number of nitrogens with zero attached hydrogens (tertiary/aromatic N) is 2. The zero-order chi connectivity index (χ0) is 10.8. The third kappa shape index (κ3) is 2.53. The van der Waals surface area contributed by atoms with Gasteiger partial charge in [0.1, 0.15) is 10.7 Å². The van der Waals surface area contributed by atoms with Crippen molar-refractivity contribution in [2.45, 2.75) is 24.9 Å². The lowest BCUT2D eigenvalue weighted by molar-refractivity contribution is 0.768. The summed E-state index contributed by atoms with van der Waals surface area (Å²) in [5.74, 6) is 0. The van der Waals surface area contributed by atoms with E-state index in [1.165, 1.54) is 0 Å². The fourth-order valence-electron chi connectivity index (χ4n) is 1.19. The molecule has 5 heteroatoms. The SMILES string of the molecule is CC(C)NSc1cnc2ccc(Br)cn12. The molecule has 0 aromatic carbocycles. The van der Waals surface area contributed by atoms with Gasteiger partial charge in [0.2, 0.25) is 0 Å². The van der Waals surface area contributed by atoms with Gasteiger partial charge in [0.25, 0.3) is 0 Å². The van der Waals surface area contributed by atoms with Crippen molar-refractivity contribution in [2.75, 3.05) is 0 Å². The average molecular weight is 286 g/mol. The quantitative estimate of drug-likeness (QED) is 0.879. The lowest BCUT2D eigenvalue weighted by atomic mass is 10.4. The van der Waals surface area contributed by atoms with Gasteiger partial charge in [-0.3, -0.25) is 9.12 Å². The molecule has 0 aliphatic heterocycles. The number of hydrogen-bond donors (Lipinski definition) is 1. The van der Waals surface area contributed by atoms with Gasteiger partial charge < -0.3 is 0 Å². The molecule has 2 rings (SSSR count). The molecule has 0 aliphatic rings. The molecule has 1 N–H and O–H groups in total. The Balaban J connectivity index is 2.31. The molecule has 0 saturated heterocycles. The summed E-state index contributed by atoms with van der Waals surface area (Å²) in [6, 6.07) is 4.43. The van der Waals surface area contributed by atoms with Gasteiger partial charge in [-0.15, -0.1) is 0 Å². The molecule has 0 bridgehead atoms. The molecule has 0 saturated carbocycles. The van der Waals surface area contributed by atoms with Crippen molar-refractivity contribution in [3.63, 3.8) is 0 Å². The van der Waals surface area contributed by atoms with Gasteiger partial charge in [0.05, 0.1) is 6.20 Å². The summed E-state index contributed by atoms with van der Waals surface area (Å²) in [4.78, 5) is 4.32. The number of imidazole rings is 1. The topological polar surface area (TPSA) is 29.3 Å². The molecule has 15 heavy (non-hydrogen) atoms. The average Bonchev–Trinajstić information content (AvgIpc) is 2.57. The molecule has 0 radical (unpaired) electrons. The van der Waals surface area contributed by atoms with Crippen LogP contribution in [0.3, 0.4) is 0 Å². The van der Waals surface area contributed by atoms with Gasteiger partial charge in [-0.1, -0.05) is 0 Å². The third-order valence-corrected chi connectivity index (χ3v) is 3.40. The van der Waals surface area contributed by atoms with E-state index in [9.17, 15) is 0 Å². The van der Waals surface area contributed by atoms with E-state index in [2.05, 4.69) is 43.9 Å². The molecular formula is C10H12BrN3S. The summed E-state index contributed by atoms with van der Waals surface area (Å²) < 4.78 is 6.41. The van der Waals surface area contributed by atoms with Crippen LogP contribution in [0.5, 0.6) is 0 Å². The fourth-order valence-corrected chi connectivity index (χ4v) is 2.23. The van der Waals surface area contributed by atoms with Crippen LogP contribution in [0.25, 0.3) is 5.65 Å². The highest BCUT2D eigenvalue weighted by atomic mass is 79.9. The van der Waals surface area contributed by atoms with E-state index in [-0.39, 0.29) is 0 Å². The molecule has 0 fully saturated rings. The highest BCUT2D eigenvalue weighted by Crippen LogP contribution is 2.19. The Morgan fingerprint density at radius 3 is 3.00 bits per heavy atom. The number of fused-ring (bicyclic) bond motifs is 1. The van der Waals surface area contributed by atoms with Crippen LogP contribution in [0, 0.1) is 0 Å². The molecule has 2 heterocycles. The van der Waals surface area contributed by atoms with Crippen LogP contribution in [-0.2, 0) is 0 Å². The van der Waals surface area contributed by atoms with Crippen molar-refractivity contribution < 1.29 is 0 Å². The predicted molar refractivity (Wildman–Crippen MR) is 67.0 cm³/mol. The van der Waals surface area contributed by atoms with E-state index in [1.807, 2.05) is 24.5 Å². The molecule has 0 aliphatic carbocycles. The lowest BCUT2D eigenvalue weighted by Gasteiger charge is -2.06. The van der Waals surface area contributed by atoms with Gasteiger partial charge in [-0.25, -0.2) is 4.98 Å². The Bertz CT molecular complexity index is 467. The first-order valence-corrected chi connectivity index (χ1v) is 6.33. The van der Waals surface area contributed by atoms with Gasteiger partial charge >= 0.3 is 0 Å². The van der Waals surface area contributed by atoms with Crippen LogP contribution in [0.4, 0.5) is 0 Å². The van der Waals surface area contributed by atoms with Crippen molar-refractivity contribution in [1.29, 1.82) is 0 Å². The van der Waals surface area contributed by atoms with Crippen molar-refractivity contribution in [3.8, 4) is 0 Å². The van der Waals surface area contributed by atoms with E-state index in [0.29, 0.717) is 6.04 Å². The highest BCUT2D eigenvalue weighted by molar-refractivity contribution is 9.10. The number of pyridine rings is 1. The maximum Gasteiger partial charge on any atom is 0.137 e. The second kappa shape index (κ2) is 4.55. The molecule has 0 amide bonds. The smallest absolute Gasteiger partial charge is 0.137 e. The van der Waals surface area contributed by atoms with Crippen LogP contribution in [-0.4, -0.2) is 15.4 Å². The normalized spacial score (nSPS) is 11.5. The standard InChI is InChI=1S/C10H12BrN3S/c1-7(2)13-15-10-5-12-9-4-3-8(11)6-14(9)10/h3-7,13H,1-2H3. The molecule has 3 nitrogen and oxygen atoms in total. The largest absolute Gasteiger partial charge is 0.293 e. The Kier molecular flexibility index (Phi) is 3.33. The fraction of sp³-hybridized carbons (Fsp3) is 0.300. The molecule has 0 unspecified atom stereocenters. The first-order chi connectivity index (χ1) is 7.16. The summed E-state index contributed by atoms with van der Waals surface area (Å²) >= 11 is 5.06. The van der Waals surface area contributed by atoms with E-state index >= 15 is 0 Å². The van der Waals surface area contributed by atoms with E-state index in [0.717, 1.165) is 15.1 Å². The number of halogens is 1. The zero-order valence-corrected chi connectivity index (χ0v) is 11.0. The molecule has 2 aromatic heterocycles. The molecule has 0 atom stereocenters. The van der Waals surface area contributed by atoms with Crippen molar-refractivity contribution in [1.82, 2.24) is 14.1 Å². The number of rotatable bonds is 3.